The number of hydrogen-bond acceptors (Lipinski definition) is 4. The van der Waals surface area contributed by atoms with E-state index >= 15 is 0 Å². The summed E-state index contributed by atoms with van der Waals surface area (Å²) >= 11 is 0. The zero-order valence-electron chi connectivity index (χ0n) is 10.6. The molecule has 0 aliphatic carbocycles. The van der Waals surface area contributed by atoms with Gasteiger partial charge in [0.25, 0.3) is 5.91 Å². The van der Waals surface area contributed by atoms with E-state index in [2.05, 4.69) is 10.3 Å². The van der Waals surface area contributed by atoms with Gasteiger partial charge in [-0.05, 0) is 31.2 Å². The van der Waals surface area contributed by atoms with E-state index in [1.165, 1.54) is 0 Å². The molecule has 1 aromatic carbocycles. The number of nitrogens with one attached hydrogen (secondary N) is 1. The quantitative estimate of drug-likeness (QED) is 0.824. The highest BCUT2D eigenvalue weighted by Crippen LogP contribution is 2.20. The minimum absolute atomic E-state index is 0.249. The molecule has 1 aromatic heterocycles. The molecule has 5 heteroatoms. The van der Waals surface area contributed by atoms with Crippen molar-refractivity contribution in [1.29, 1.82) is 0 Å². The third-order valence-electron chi connectivity index (χ3n) is 2.42. The van der Waals surface area contributed by atoms with Crippen molar-refractivity contribution in [3.05, 3.63) is 48.3 Å². The molecule has 3 N–H and O–H groups in total. The second-order valence-corrected chi connectivity index (χ2v) is 3.92. The van der Waals surface area contributed by atoms with Gasteiger partial charge in [0.1, 0.15) is 5.75 Å². The summed E-state index contributed by atoms with van der Waals surface area (Å²) in [4.78, 5) is 16.0. The van der Waals surface area contributed by atoms with Crippen molar-refractivity contribution in [2.75, 3.05) is 17.7 Å². The van der Waals surface area contributed by atoms with Crippen LogP contribution < -0.4 is 15.8 Å². The van der Waals surface area contributed by atoms with E-state index < -0.39 is 0 Å². The van der Waals surface area contributed by atoms with Crippen LogP contribution in [0.25, 0.3) is 0 Å². The Morgan fingerprint density at radius 2 is 2.26 bits per heavy atom. The van der Waals surface area contributed by atoms with Crippen molar-refractivity contribution in [2.24, 2.45) is 0 Å². The fourth-order valence-electron chi connectivity index (χ4n) is 1.64. The van der Waals surface area contributed by atoms with Gasteiger partial charge in [0.15, 0.2) is 0 Å². The van der Waals surface area contributed by atoms with Gasteiger partial charge < -0.3 is 15.8 Å². The summed E-state index contributed by atoms with van der Waals surface area (Å²) < 4.78 is 5.36. The van der Waals surface area contributed by atoms with Crippen LogP contribution in [0, 0.1) is 0 Å². The zero-order valence-corrected chi connectivity index (χ0v) is 10.6. The van der Waals surface area contributed by atoms with Crippen LogP contribution in [-0.2, 0) is 0 Å². The maximum absolute atomic E-state index is 12.1. The molecule has 1 amide bonds. The lowest BCUT2D eigenvalue weighted by Crippen LogP contribution is -2.12. The van der Waals surface area contributed by atoms with Gasteiger partial charge in [-0.15, -0.1) is 0 Å². The average molecular weight is 257 g/mol. The second-order valence-electron chi connectivity index (χ2n) is 3.92. The van der Waals surface area contributed by atoms with Gasteiger partial charge in [0.05, 0.1) is 18.5 Å². The topological polar surface area (TPSA) is 77.2 Å². The van der Waals surface area contributed by atoms with Crippen molar-refractivity contribution < 1.29 is 9.53 Å². The number of nitrogens with zero attached hydrogens (tertiary/aromatic N) is 1. The first kappa shape index (κ1) is 12.9. The van der Waals surface area contributed by atoms with E-state index in [-0.39, 0.29) is 5.91 Å². The molecule has 0 fully saturated rings. The standard InChI is InChI=1S/C14H15N3O2/c1-2-19-13-7-10(6-11(15)8-13)14(18)17-12-4-3-5-16-9-12/h3-9H,2,15H2,1H3,(H,17,18). The molecular weight excluding hydrogens is 242 g/mol. The van der Waals surface area contributed by atoms with E-state index in [9.17, 15) is 4.79 Å². The maximum Gasteiger partial charge on any atom is 0.255 e. The first-order valence-electron chi connectivity index (χ1n) is 5.94. The highest BCUT2D eigenvalue weighted by atomic mass is 16.5. The Bertz CT molecular complexity index is 570. The number of carbonyl (C=O) groups is 1. The highest BCUT2D eigenvalue weighted by molar-refractivity contribution is 6.05. The molecule has 0 saturated heterocycles. The molecule has 0 unspecified atom stereocenters. The molecule has 19 heavy (non-hydrogen) atoms. The Morgan fingerprint density at radius 3 is 2.95 bits per heavy atom. The molecule has 0 aliphatic heterocycles. The number of nitrogens with two attached hydrogens (primary N) is 1. The average Bonchev–Trinajstić information content (AvgIpc) is 2.39. The molecule has 0 bridgehead atoms. The second kappa shape index (κ2) is 5.86. The van der Waals surface area contributed by atoms with Gasteiger partial charge in [-0.3, -0.25) is 9.78 Å². The van der Waals surface area contributed by atoms with Crippen LogP contribution in [0.5, 0.6) is 5.75 Å². The number of aromatic nitrogens is 1. The Balaban J connectivity index is 2.19. The number of nitrogen functional groups attached to an aromatic ring is 1. The third-order valence-corrected chi connectivity index (χ3v) is 2.42. The first-order valence-corrected chi connectivity index (χ1v) is 5.94. The fraction of sp³-hybridized carbons (Fsp3) is 0.143. The molecule has 5 nitrogen and oxygen atoms in total. The summed E-state index contributed by atoms with van der Waals surface area (Å²) in [5.41, 5.74) is 7.32. The minimum Gasteiger partial charge on any atom is -0.494 e. The van der Waals surface area contributed by atoms with E-state index in [0.717, 1.165) is 0 Å². The van der Waals surface area contributed by atoms with Crippen LogP contribution in [0.15, 0.2) is 42.7 Å². The smallest absolute Gasteiger partial charge is 0.255 e. The summed E-state index contributed by atoms with van der Waals surface area (Å²) in [5.74, 6) is 0.333. The number of hydrogen-bond donors (Lipinski definition) is 2. The first-order chi connectivity index (χ1) is 9.19. The molecule has 0 radical (unpaired) electrons. The molecule has 1 heterocycles. The predicted octanol–water partition coefficient (Wildman–Crippen LogP) is 2.31. The lowest BCUT2D eigenvalue weighted by atomic mass is 10.1. The van der Waals surface area contributed by atoms with Gasteiger partial charge >= 0.3 is 0 Å². The largest absolute Gasteiger partial charge is 0.494 e. The van der Waals surface area contributed by atoms with Crippen LogP contribution in [0.4, 0.5) is 11.4 Å². The van der Waals surface area contributed by atoms with E-state index in [0.29, 0.717) is 29.3 Å². The number of rotatable bonds is 4. The molecule has 0 saturated carbocycles. The Morgan fingerprint density at radius 1 is 1.42 bits per heavy atom. The van der Waals surface area contributed by atoms with Gasteiger partial charge in [-0.1, -0.05) is 0 Å². The lowest BCUT2D eigenvalue weighted by molar-refractivity contribution is 0.102. The molecule has 2 rings (SSSR count). The fourth-order valence-corrected chi connectivity index (χ4v) is 1.64. The van der Waals surface area contributed by atoms with E-state index in [1.807, 2.05) is 6.92 Å². The number of pyridine rings is 1. The van der Waals surface area contributed by atoms with E-state index in [4.69, 9.17) is 10.5 Å². The van der Waals surface area contributed by atoms with Crippen LogP contribution in [-0.4, -0.2) is 17.5 Å². The predicted molar refractivity (Wildman–Crippen MR) is 74.2 cm³/mol. The molecule has 98 valence electrons. The van der Waals surface area contributed by atoms with Gasteiger partial charge in [0, 0.05) is 23.5 Å². The Kier molecular flexibility index (Phi) is 3.97. The summed E-state index contributed by atoms with van der Waals surface area (Å²) in [6.07, 6.45) is 3.22. The SMILES string of the molecule is CCOc1cc(N)cc(C(=O)Nc2cccnc2)c1. The number of benzene rings is 1. The number of ether oxygens (including phenoxy) is 1. The number of carbonyl (C=O) groups excluding carboxylic acids is 1. The maximum atomic E-state index is 12.1. The Hall–Kier alpha value is -2.56. The molecular formula is C14H15N3O2. The summed E-state index contributed by atoms with van der Waals surface area (Å²) in [7, 11) is 0. The molecule has 0 spiro atoms. The molecule has 0 atom stereocenters. The van der Waals surface area contributed by atoms with Crippen LogP contribution in [0.1, 0.15) is 17.3 Å². The minimum atomic E-state index is -0.249. The number of anilines is 2. The molecule has 0 aliphatic rings. The van der Waals surface area contributed by atoms with Gasteiger partial charge in [-0.2, -0.15) is 0 Å². The molecule has 2 aromatic rings. The number of amides is 1. The summed E-state index contributed by atoms with van der Waals surface area (Å²) in [5, 5.41) is 2.74. The van der Waals surface area contributed by atoms with Crippen LogP contribution in [0.3, 0.4) is 0 Å². The van der Waals surface area contributed by atoms with Crippen molar-refractivity contribution in [3.63, 3.8) is 0 Å². The Labute approximate surface area is 111 Å². The van der Waals surface area contributed by atoms with Gasteiger partial charge in [-0.25, -0.2) is 0 Å². The van der Waals surface area contributed by atoms with Crippen molar-refractivity contribution in [1.82, 2.24) is 4.98 Å². The zero-order chi connectivity index (χ0) is 13.7. The van der Waals surface area contributed by atoms with E-state index in [1.54, 1.807) is 42.7 Å². The van der Waals surface area contributed by atoms with Crippen LogP contribution in [0.2, 0.25) is 0 Å². The van der Waals surface area contributed by atoms with Gasteiger partial charge in [0.2, 0.25) is 0 Å². The van der Waals surface area contributed by atoms with Crippen molar-refractivity contribution in [2.45, 2.75) is 6.92 Å². The van der Waals surface area contributed by atoms with Crippen molar-refractivity contribution in [3.8, 4) is 5.75 Å². The normalized spacial score (nSPS) is 9.95. The summed E-state index contributed by atoms with van der Waals surface area (Å²) in [6, 6.07) is 8.46. The summed E-state index contributed by atoms with van der Waals surface area (Å²) in [6.45, 7) is 2.39. The van der Waals surface area contributed by atoms with Crippen LogP contribution >= 0.6 is 0 Å². The highest BCUT2D eigenvalue weighted by Gasteiger charge is 2.09. The third kappa shape index (κ3) is 3.45. The monoisotopic (exact) mass is 257 g/mol. The van der Waals surface area contributed by atoms with Crippen molar-refractivity contribution >= 4 is 17.3 Å². The lowest BCUT2D eigenvalue weighted by Gasteiger charge is -2.08.